The van der Waals surface area contributed by atoms with E-state index >= 15 is 0 Å². The first kappa shape index (κ1) is 15.6. The number of nitro groups is 1. The van der Waals surface area contributed by atoms with E-state index < -0.39 is 11.0 Å². The van der Waals surface area contributed by atoms with Crippen molar-refractivity contribution in [3.63, 3.8) is 0 Å². The van der Waals surface area contributed by atoms with Gasteiger partial charge in [0.1, 0.15) is 6.04 Å². The Labute approximate surface area is 128 Å². The van der Waals surface area contributed by atoms with E-state index in [4.69, 9.17) is 0 Å². The molecule has 1 heterocycles. The van der Waals surface area contributed by atoms with Crippen LogP contribution in [0, 0.1) is 21.4 Å². The number of pyridine rings is 1. The molecule has 2 aromatic rings. The number of non-ortho nitro benzene ring substituents is 1. The Bertz CT molecular complexity index is 682. The maximum Gasteiger partial charge on any atom is 0.269 e. The van der Waals surface area contributed by atoms with Crippen LogP contribution in [-0.2, 0) is 6.42 Å². The largest absolute Gasteiger partial charge is 0.287 e. The molecule has 6 heteroatoms. The fourth-order valence-electron chi connectivity index (χ4n) is 2.22. The second-order valence-corrected chi connectivity index (χ2v) is 4.97. The summed E-state index contributed by atoms with van der Waals surface area (Å²) in [7, 11) is 1.84. The molecule has 112 valence electrons. The Morgan fingerprint density at radius 3 is 2.73 bits per heavy atom. The lowest BCUT2D eigenvalue weighted by Crippen LogP contribution is -2.26. The number of hydrogen-bond acceptors (Lipinski definition) is 5. The standard InChI is InChI=1S/C16H16N4O2/c1-19(10-7-13-5-8-18-9-6-13)16(12-17)14-3-2-4-15(11-14)20(21)22/h2-6,8-9,11,16H,7,10H2,1H3. The molecule has 6 nitrogen and oxygen atoms in total. The minimum Gasteiger partial charge on any atom is -0.287 e. The Balaban J connectivity index is 2.09. The zero-order chi connectivity index (χ0) is 15.9. The minimum absolute atomic E-state index is 0.000263. The van der Waals surface area contributed by atoms with E-state index in [0.29, 0.717) is 12.1 Å². The van der Waals surface area contributed by atoms with Crippen molar-refractivity contribution < 1.29 is 4.92 Å². The van der Waals surface area contributed by atoms with Crippen molar-refractivity contribution in [1.82, 2.24) is 9.88 Å². The van der Waals surface area contributed by atoms with Crippen LogP contribution >= 0.6 is 0 Å². The molecule has 0 bridgehead atoms. The van der Waals surface area contributed by atoms with Gasteiger partial charge in [-0.3, -0.25) is 20.0 Å². The van der Waals surface area contributed by atoms with Gasteiger partial charge in [-0.2, -0.15) is 5.26 Å². The Hall–Kier alpha value is -2.78. The first-order chi connectivity index (χ1) is 10.6. The summed E-state index contributed by atoms with van der Waals surface area (Å²) in [5.41, 5.74) is 1.77. The van der Waals surface area contributed by atoms with E-state index in [1.54, 1.807) is 24.5 Å². The molecule has 22 heavy (non-hydrogen) atoms. The molecule has 0 radical (unpaired) electrons. The Morgan fingerprint density at radius 1 is 1.36 bits per heavy atom. The van der Waals surface area contributed by atoms with Crippen LogP contribution in [0.1, 0.15) is 17.2 Å². The molecule has 1 aromatic carbocycles. The summed E-state index contributed by atoms with van der Waals surface area (Å²) in [4.78, 5) is 16.3. The van der Waals surface area contributed by atoms with Crippen molar-refractivity contribution >= 4 is 5.69 Å². The third kappa shape index (κ3) is 3.87. The highest BCUT2D eigenvalue weighted by Gasteiger charge is 2.18. The zero-order valence-electron chi connectivity index (χ0n) is 12.2. The molecule has 1 unspecified atom stereocenters. The third-order valence-corrected chi connectivity index (χ3v) is 3.46. The Kier molecular flexibility index (Phi) is 5.17. The molecule has 0 saturated heterocycles. The molecule has 0 aliphatic carbocycles. The molecule has 0 saturated carbocycles. The van der Waals surface area contributed by atoms with Crippen molar-refractivity contribution in [2.24, 2.45) is 0 Å². The average Bonchev–Trinajstić information content (AvgIpc) is 2.55. The highest BCUT2D eigenvalue weighted by atomic mass is 16.6. The highest BCUT2D eigenvalue weighted by molar-refractivity contribution is 5.37. The smallest absolute Gasteiger partial charge is 0.269 e. The van der Waals surface area contributed by atoms with E-state index in [1.807, 2.05) is 24.1 Å². The van der Waals surface area contributed by atoms with Gasteiger partial charge in [-0.1, -0.05) is 12.1 Å². The lowest BCUT2D eigenvalue weighted by molar-refractivity contribution is -0.384. The van der Waals surface area contributed by atoms with Gasteiger partial charge in [-0.05, 0) is 36.7 Å². The number of hydrogen-bond donors (Lipinski definition) is 0. The van der Waals surface area contributed by atoms with Crippen LogP contribution < -0.4 is 0 Å². The summed E-state index contributed by atoms with van der Waals surface area (Å²) in [5.74, 6) is 0. The summed E-state index contributed by atoms with van der Waals surface area (Å²) >= 11 is 0. The third-order valence-electron chi connectivity index (χ3n) is 3.46. The fraction of sp³-hybridized carbons (Fsp3) is 0.250. The van der Waals surface area contributed by atoms with Gasteiger partial charge in [0.15, 0.2) is 0 Å². The lowest BCUT2D eigenvalue weighted by atomic mass is 10.1. The first-order valence-corrected chi connectivity index (χ1v) is 6.85. The molecule has 0 amide bonds. The van der Waals surface area contributed by atoms with Gasteiger partial charge in [0, 0.05) is 31.1 Å². The van der Waals surface area contributed by atoms with E-state index in [2.05, 4.69) is 11.1 Å². The summed E-state index contributed by atoms with van der Waals surface area (Å²) in [5, 5.41) is 20.3. The van der Waals surface area contributed by atoms with Crippen LogP contribution in [0.3, 0.4) is 0 Å². The SMILES string of the molecule is CN(CCc1ccncc1)C(C#N)c1cccc([N+](=O)[O-])c1. The van der Waals surface area contributed by atoms with Crippen molar-refractivity contribution in [1.29, 1.82) is 5.26 Å². The van der Waals surface area contributed by atoms with Gasteiger partial charge in [-0.15, -0.1) is 0 Å². The van der Waals surface area contributed by atoms with Gasteiger partial charge in [0.05, 0.1) is 11.0 Å². The number of nitrogens with zero attached hydrogens (tertiary/aromatic N) is 4. The predicted molar refractivity (Wildman–Crippen MR) is 82.0 cm³/mol. The van der Waals surface area contributed by atoms with E-state index in [0.717, 1.165) is 12.0 Å². The van der Waals surface area contributed by atoms with Crippen LogP contribution in [-0.4, -0.2) is 28.4 Å². The maximum absolute atomic E-state index is 10.8. The molecule has 0 aliphatic rings. The first-order valence-electron chi connectivity index (χ1n) is 6.85. The molecule has 1 aromatic heterocycles. The Morgan fingerprint density at radius 2 is 2.09 bits per heavy atom. The van der Waals surface area contributed by atoms with Crippen LogP contribution in [0.4, 0.5) is 5.69 Å². The van der Waals surface area contributed by atoms with E-state index in [1.165, 1.54) is 12.1 Å². The zero-order valence-corrected chi connectivity index (χ0v) is 12.2. The van der Waals surface area contributed by atoms with Crippen LogP contribution in [0.15, 0.2) is 48.8 Å². The second-order valence-electron chi connectivity index (χ2n) is 4.97. The maximum atomic E-state index is 10.8. The molecule has 0 spiro atoms. The lowest BCUT2D eigenvalue weighted by Gasteiger charge is -2.22. The van der Waals surface area contributed by atoms with Crippen molar-refractivity contribution in [2.75, 3.05) is 13.6 Å². The summed E-state index contributed by atoms with van der Waals surface area (Å²) in [6.45, 7) is 0.672. The quantitative estimate of drug-likeness (QED) is 0.604. The normalized spacial score (nSPS) is 11.9. The van der Waals surface area contributed by atoms with Gasteiger partial charge >= 0.3 is 0 Å². The summed E-state index contributed by atoms with van der Waals surface area (Å²) in [6.07, 6.45) is 4.25. The monoisotopic (exact) mass is 296 g/mol. The number of nitro benzene ring substituents is 1. The van der Waals surface area contributed by atoms with E-state index in [9.17, 15) is 15.4 Å². The van der Waals surface area contributed by atoms with Crippen molar-refractivity contribution in [3.05, 3.63) is 70.0 Å². The molecule has 0 fully saturated rings. The van der Waals surface area contributed by atoms with Crippen LogP contribution in [0.5, 0.6) is 0 Å². The van der Waals surface area contributed by atoms with Crippen molar-refractivity contribution in [2.45, 2.75) is 12.5 Å². The molecule has 0 aliphatic heterocycles. The fourth-order valence-corrected chi connectivity index (χ4v) is 2.22. The molecular weight excluding hydrogens is 280 g/mol. The number of likely N-dealkylation sites (N-methyl/N-ethyl adjacent to an activating group) is 1. The van der Waals surface area contributed by atoms with Gasteiger partial charge < -0.3 is 0 Å². The second kappa shape index (κ2) is 7.29. The number of rotatable bonds is 6. The minimum atomic E-state index is -0.512. The van der Waals surface area contributed by atoms with Gasteiger partial charge in [0.25, 0.3) is 5.69 Å². The number of benzene rings is 1. The summed E-state index contributed by atoms with van der Waals surface area (Å²) < 4.78 is 0. The van der Waals surface area contributed by atoms with E-state index in [-0.39, 0.29) is 5.69 Å². The van der Waals surface area contributed by atoms with Gasteiger partial charge in [0.2, 0.25) is 0 Å². The molecule has 0 N–H and O–H groups in total. The number of aromatic nitrogens is 1. The topological polar surface area (TPSA) is 83.1 Å². The summed E-state index contributed by atoms with van der Waals surface area (Å²) in [6, 6.07) is 11.8. The van der Waals surface area contributed by atoms with Crippen LogP contribution in [0.2, 0.25) is 0 Å². The predicted octanol–water partition coefficient (Wildman–Crippen LogP) is 2.73. The van der Waals surface area contributed by atoms with Crippen molar-refractivity contribution in [3.8, 4) is 6.07 Å². The highest BCUT2D eigenvalue weighted by Crippen LogP contribution is 2.23. The molecular formula is C16H16N4O2. The molecule has 1 atom stereocenters. The van der Waals surface area contributed by atoms with Gasteiger partial charge in [-0.25, -0.2) is 0 Å². The molecule has 2 rings (SSSR count). The average molecular weight is 296 g/mol. The van der Waals surface area contributed by atoms with Crippen LogP contribution in [0.25, 0.3) is 0 Å². The number of nitriles is 1.